The number of amides is 2. The van der Waals surface area contributed by atoms with Gasteiger partial charge in [-0.2, -0.15) is 0 Å². The van der Waals surface area contributed by atoms with Crippen molar-refractivity contribution in [1.82, 2.24) is 20.2 Å². The Morgan fingerprint density at radius 3 is 2.91 bits per heavy atom. The molecule has 0 unspecified atom stereocenters. The number of aromatic amines is 1. The Morgan fingerprint density at radius 2 is 2.18 bits per heavy atom. The Balaban J connectivity index is 1.56. The molecule has 0 spiro atoms. The van der Waals surface area contributed by atoms with Crippen LogP contribution in [0.15, 0.2) is 63.3 Å². The second kappa shape index (κ2) is 8.71. The maximum absolute atomic E-state index is 13.3. The molecular weight excluding hydrogens is 436 g/mol. The summed E-state index contributed by atoms with van der Waals surface area (Å²) < 4.78 is 5.12. The normalized spacial score (nSPS) is 16.6. The molecule has 2 aromatic heterocycles. The van der Waals surface area contributed by atoms with Gasteiger partial charge in [0.1, 0.15) is 12.1 Å². The molecule has 10 nitrogen and oxygen atoms in total. The maximum atomic E-state index is 13.3. The van der Waals surface area contributed by atoms with Crippen LogP contribution in [0.4, 0.5) is 5.69 Å². The van der Waals surface area contributed by atoms with Crippen LogP contribution >= 0.6 is 0 Å². The molecule has 1 aliphatic carbocycles. The van der Waals surface area contributed by atoms with Crippen LogP contribution < -0.4 is 10.6 Å². The van der Waals surface area contributed by atoms with E-state index >= 15 is 0 Å². The highest BCUT2D eigenvalue weighted by molar-refractivity contribution is 6.11. The Labute approximate surface area is 194 Å². The van der Waals surface area contributed by atoms with Gasteiger partial charge in [-0.1, -0.05) is 11.8 Å². The smallest absolute Gasteiger partial charge is 0.310 e. The van der Waals surface area contributed by atoms with E-state index in [9.17, 15) is 14.4 Å². The largest absolute Gasteiger partial charge is 0.441 e. The zero-order valence-electron chi connectivity index (χ0n) is 18.3. The summed E-state index contributed by atoms with van der Waals surface area (Å²) in [6.45, 7) is 1.98. The lowest BCUT2D eigenvalue weighted by molar-refractivity contribution is -0.117. The van der Waals surface area contributed by atoms with Crippen LogP contribution in [0.25, 0.3) is 5.57 Å². The zero-order chi connectivity index (χ0) is 23.7. The highest BCUT2D eigenvalue weighted by Gasteiger charge is 2.34. The van der Waals surface area contributed by atoms with Crippen molar-refractivity contribution < 1.29 is 18.8 Å². The van der Waals surface area contributed by atoms with Crippen LogP contribution in [-0.4, -0.2) is 51.4 Å². The van der Waals surface area contributed by atoms with Crippen LogP contribution in [0.1, 0.15) is 45.8 Å². The first-order chi connectivity index (χ1) is 16.5. The third-order valence-corrected chi connectivity index (χ3v) is 5.45. The van der Waals surface area contributed by atoms with E-state index in [-0.39, 0.29) is 30.7 Å². The van der Waals surface area contributed by atoms with Gasteiger partial charge in [-0.15, -0.1) is 0 Å². The molecule has 3 N–H and O–H groups in total. The van der Waals surface area contributed by atoms with E-state index < -0.39 is 5.91 Å². The van der Waals surface area contributed by atoms with E-state index in [0.29, 0.717) is 47.1 Å². The molecule has 170 valence electrons. The Kier molecular flexibility index (Phi) is 5.43. The molecule has 10 heteroatoms. The summed E-state index contributed by atoms with van der Waals surface area (Å²) in [6, 6.07) is 0. The van der Waals surface area contributed by atoms with Gasteiger partial charge in [0.05, 0.1) is 41.9 Å². The minimum Gasteiger partial charge on any atom is -0.441 e. The number of hydrogen-bond acceptors (Lipinski definition) is 7. The van der Waals surface area contributed by atoms with E-state index in [1.807, 2.05) is 12.2 Å². The van der Waals surface area contributed by atoms with Crippen LogP contribution in [0.2, 0.25) is 0 Å². The van der Waals surface area contributed by atoms with Gasteiger partial charge < -0.3 is 24.9 Å². The van der Waals surface area contributed by atoms with Crippen molar-refractivity contribution in [3.05, 3.63) is 76.8 Å². The van der Waals surface area contributed by atoms with Crippen molar-refractivity contribution in [3.8, 4) is 0 Å². The summed E-state index contributed by atoms with van der Waals surface area (Å²) in [5.74, 6) is -0.512. The fraction of sp³-hybridized carbons (Fsp3) is 0.208. The Bertz CT molecular complexity index is 1390. The third-order valence-electron chi connectivity index (χ3n) is 5.45. The van der Waals surface area contributed by atoms with Crippen molar-refractivity contribution in [2.24, 2.45) is 4.99 Å². The number of nitrogens with zero attached hydrogens (tertiary/aromatic N) is 3. The molecule has 0 fully saturated rings. The lowest BCUT2D eigenvalue weighted by Crippen LogP contribution is -2.39. The average Bonchev–Trinajstić information content (AvgIpc) is 3.48. The molecule has 4 heterocycles. The molecule has 0 atom stereocenters. The number of hydrogen-bond donors (Lipinski definition) is 3. The number of Topliss-reactive ketones (excluding diaryl/α,β-unsaturated/α-hetero) is 1. The van der Waals surface area contributed by atoms with E-state index in [4.69, 9.17) is 4.42 Å². The predicted octanol–water partition coefficient (Wildman–Crippen LogP) is 2.34. The van der Waals surface area contributed by atoms with Gasteiger partial charge >= 0.3 is 5.91 Å². The third kappa shape index (κ3) is 4.06. The standard InChI is InChI=1S/C24H20N6O4/c1-14(31)27-19-11-15(7-8-25-19)21-22(28-16-5-3-2-4-6-16)20-17(29-21)12-30(13-18(20)32)24(33)23-26-9-10-34-23/h2-3,5,9-11,28-29H,7-8,12-13H2,1H3,(H,25,27,31). The maximum Gasteiger partial charge on any atom is 0.310 e. The summed E-state index contributed by atoms with van der Waals surface area (Å²) in [5.41, 5.74) is 9.76. The summed E-state index contributed by atoms with van der Waals surface area (Å²) in [6.07, 6.45) is 10.5. The number of aliphatic imine (C=N–C) groups is 1. The molecule has 3 aliphatic rings. The molecule has 0 bridgehead atoms. The number of H-pyrrole nitrogens is 1. The molecule has 2 amide bonds. The van der Waals surface area contributed by atoms with Gasteiger partial charge in [-0.3, -0.25) is 19.4 Å². The molecule has 2 aliphatic heterocycles. The van der Waals surface area contributed by atoms with Crippen LogP contribution in [0.5, 0.6) is 0 Å². The highest BCUT2D eigenvalue weighted by atomic mass is 16.4. The molecular formula is C24H20N6O4. The number of fused-ring (bicyclic) bond motifs is 1. The van der Waals surface area contributed by atoms with Crippen LogP contribution in [0.3, 0.4) is 0 Å². The van der Waals surface area contributed by atoms with Gasteiger partial charge in [0.15, 0.2) is 5.78 Å². The minimum absolute atomic E-state index is 0.0676. The van der Waals surface area contributed by atoms with Crippen molar-refractivity contribution in [1.29, 1.82) is 0 Å². The number of carbonyl (C=O) groups excluding carboxylic acids is 3. The summed E-state index contributed by atoms with van der Waals surface area (Å²) in [4.78, 5) is 50.5. The first-order valence-corrected chi connectivity index (χ1v) is 10.6. The number of amidine groups is 1. The van der Waals surface area contributed by atoms with Gasteiger partial charge in [0.2, 0.25) is 5.91 Å². The SMILES string of the molecule is CC(=O)NC1=NCCC(c2[nH]c3c(c2NC2=C=C=CC=C2)C(=O)CN(C(=O)c2ncco2)C3)=C1. The Hall–Kier alpha value is -4.65. The van der Waals surface area contributed by atoms with E-state index in [2.05, 4.69) is 37.1 Å². The average molecular weight is 456 g/mol. The summed E-state index contributed by atoms with van der Waals surface area (Å²) in [5, 5.41) is 6.01. The summed E-state index contributed by atoms with van der Waals surface area (Å²) in [7, 11) is 0. The second-order valence-electron chi connectivity index (χ2n) is 7.85. The van der Waals surface area contributed by atoms with Gasteiger partial charge in [0.25, 0.3) is 5.89 Å². The number of rotatable bonds is 4. The quantitative estimate of drug-likeness (QED) is 0.605. The number of allylic oxidation sites excluding steroid dienone is 3. The van der Waals surface area contributed by atoms with Crippen LogP contribution in [0, 0.1) is 0 Å². The predicted molar refractivity (Wildman–Crippen MR) is 123 cm³/mol. The van der Waals surface area contributed by atoms with E-state index in [1.165, 1.54) is 24.3 Å². The molecule has 34 heavy (non-hydrogen) atoms. The van der Waals surface area contributed by atoms with Crippen molar-refractivity contribution in [3.63, 3.8) is 0 Å². The number of carbonyl (C=O) groups is 3. The van der Waals surface area contributed by atoms with Crippen molar-refractivity contribution in [2.75, 3.05) is 18.4 Å². The Morgan fingerprint density at radius 1 is 1.29 bits per heavy atom. The molecule has 5 rings (SSSR count). The lowest BCUT2D eigenvalue weighted by Gasteiger charge is -2.25. The number of nitrogens with one attached hydrogen (secondary N) is 3. The second-order valence-corrected chi connectivity index (χ2v) is 7.85. The molecule has 0 radical (unpaired) electrons. The first-order valence-electron chi connectivity index (χ1n) is 10.6. The van der Waals surface area contributed by atoms with Crippen molar-refractivity contribution >= 4 is 34.7 Å². The fourth-order valence-electron chi connectivity index (χ4n) is 4.04. The molecule has 2 aromatic rings. The first kappa shape index (κ1) is 21.2. The number of ketones is 1. The monoisotopic (exact) mass is 456 g/mol. The fourth-order valence-corrected chi connectivity index (χ4v) is 4.04. The van der Waals surface area contributed by atoms with E-state index in [0.717, 1.165) is 5.57 Å². The van der Waals surface area contributed by atoms with Crippen molar-refractivity contribution in [2.45, 2.75) is 19.9 Å². The van der Waals surface area contributed by atoms with Gasteiger partial charge in [-0.25, -0.2) is 4.98 Å². The zero-order valence-corrected chi connectivity index (χ0v) is 18.3. The number of anilines is 1. The molecule has 0 saturated carbocycles. The highest BCUT2D eigenvalue weighted by Crippen LogP contribution is 2.36. The number of aromatic nitrogens is 2. The summed E-state index contributed by atoms with van der Waals surface area (Å²) >= 11 is 0. The van der Waals surface area contributed by atoms with E-state index in [1.54, 1.807) is 12.2 Å². The lowest BCUT2D eigenvalue weighted by atomic mass is 10.00. The molecule has 0 saturated heterocycles. The number of oxazole rings is 1. The minimum atomic E-state index is -0.461. The van der Waals surface area contributed by atoms with Crippen LogP contribution in [-0.2, 0) is 11.3 Å². The number of dihydropyridines is 1. The topological polar surface area (TPSA) is 133 Å². The molecule has 0 aromatic carbocycles. The van der Waals surface area contributed by atoms with Gasteiger partial charge in [-0.05, 0) is 36.0 Å². The van der Waals surface area contributed by atoms with Gasteiger partial charge in [0, 0.05) is 19.2 Å².